The zero-order valence-electron chi connectivity index (χ0n) is 23.1. The van der Waals surface area contributed by atoms with Crippen LogP contribution in [-0.2, 0) is 0 Å². The summed E-state index contributed by atoms with van der Waals surface area (Å²) < 4.78 is 0. The molecule has 0 atom stereocenters. The molecule has 0 heterocycles. The number of para-hydroxylation sites is 4. The van der Waals surface area contributed by atoms with Gasteiger partial charge in [0.1, 0.15) is 0 Å². The van der Waals surface area contributed by atoms with Gasteiger partial charge in [0.25, 0.3) is 0 Å². The van der Waals surface area contributed by atoms with Crippen molar-refractivity contribution >= 4 is 46.0 Å². The molecule has 0 unspecified atom stereocenters. The summed E-state index contributed by atoms with van der Waals surface area (Å²) in [5.74, 6) is -0.0354. The lowest BCUT2D eigenvalue weighted by Crippen LogP contribution is -2.09. The van der Waals surface area contributed by atoms with Crippen LogP contribution in [0.3, 0.4) is 0 Å². The molecule has 0 saturated heterocycles. The maximum Gasteiger partial charge on any atom is 0.185 e. The van der Waals surface area contributed by atoms with Crippen LogP contribution in [0.2, 0.25) is 0 Å². The lowest BCUT2D eigenvalue weighted by Gasteiger charge is -2.25. The van der Waals surface area contributed by atoms with Gasteiger partial charge in [-0.3, -0.25) is 4.79 Å². The van der Waals surface area contributed by atoms with Crippen molar-refractivity contribution in [3.63, 3.8) is 0 Å². The Morgan fingerprint density at radius 3 is 1.05 bits per heavy atom. The third-order valence-corrected chi connectivity index (χ3v) is 7.05. The molecule has 6 aromatic rings. The van der Waals surface area contributed by atoms with E-state index < -0.39 is 0 Å². The zero-order valence-corrected chi connectivity index (χ0v) is 23.1. The van der Waals surface area contributed by atoms with Gasteiger partial charge in [0.15, 0.2) is 5.78 Å². The highest BCUT2D eigenvalue weighted by Gasteiger charge is 2.13. The molecule has 3 nitrogen and oxygen atoms in total. The van der Waals surface area contributed by atoms with Crippen LogP contribution in [-0.4, -0.2) is 5.78 Å². The van der Waals surface area contributed by atoms with Crippen LogP contribution in [0.4, 0.5) is 34.1 Å². The fraction of sp³-hybridized carbons (Fsp3) is 0. The van der Waals surface area contributed by atoms with Gasteiger partial charge in [-0.1, -0.05) is 91.0 Å². The smallest absolute Gasteiger partial charge is 0.185 e. The Bertz CT molecular complexity index is 1670. The predicted molar refractivity (Wildman–Crippen MR) is 176 cm³/mol. The third kappa shape index (κ3) is 6.06. The number of allylic oxidation sites excluding steroid dienone is 1. The third-order valence-electron chi connectivity index (χ3n) is 7.05. The maximum atomic E-state index is 13.1. The van der Waals surface area contributed by atoms with Crippen LogP contribution in [0, 0.1) is 0 Å². The quantitative estimate of drug-likeness (QED) is 0.134. The fourth-order valence-electron chi connectivity index (χ4n) is 4.98. The molecular formula is C39H30N2O. The Kier molecular flexibility index (Phi) is 8.01. The summed E-state index contributed by atoms with van der Waals surface area (Å²) in [6.07, 6.45) is 3.51. The van der Waals surface area contributed by atoms with E-state index in [0.717, 1.165) is 39.7 Å². The lowest BCUT2D eigenvalue weighted by molar-refractivity contribution is 0.104. The van der Waals surface area contributed by atoms with Crippen molar-refractivity contribution in [3.8, 4) is 0 Å². The molecular weight excluding hydrogens is 512 g/mol. The molecule has 0 aliphatic rings. The number of carbonyl (C=O) groups is 1. The molecule has 0 saturated carbocycles. The molecule has 0 aliphatic carbocycles. The van der Waals surface area contributed by atoms with Crippen molar-refractivity contribution in [1.82, 2.24) is 0 Å². The average molecular weight is 543 g/mol. The number of hydrogen-bond acceptors (Lipinski definition) is 3. The molecule has 202 valence electrons. The summed E-state index contributed by atoms with van der Waals surface area (Å²) in [6.45, 7) is 0. The van der Waals surface area contributed by atoms with Gasteiger partial charge in [-0.2, -0.15) is 0 Å². The van der Waals surface area contributed by atoms with E-state index in [-0.39, 0.29) is 5.78 Å². The zero-order chi connectivity index (χ0) is 28.6. The number of ketones is 1. The Balaban J connectivity index is 1.20. The molecule has 6 rings (SSSR count). The number of anilines is 6. The van der Waals surface area contributed by atoms with Crippen LogP contribution < -0.4 is 9.80 Å². The van der Waals surface area contributed by atoms with Crippen molar-refractivity contribution in [2.24, 2.45) is 0 Å². The Labute approximate surface area is 247 Å². The van der Waals surface area contributed by atoms with Crippen LogP contribution in [0.15, 0.2) is 176 Å². The molecule has 42 heavy (non-hydrogen) atoms. The van der Waals surface area contributed by atoms with Gasteiger partial charge in [0.2, 0.25) is 0 Å². The van der Waals surface area contributed by atoms with E-state index in [0.29, 0.717) is 5.56 Å². The minimum Gasteiger partial charge on any atom is -0.311 e. The number of nitrogens with zero attached hydrogens (tertiary/aromatic N) is 2. The van der Waals surface area contributed by atoms with Crippen molar-refractivity contribution in [3.05, 3.63) is 187 Å². The van der Waals surface area contributed by atoms with E-state index in [1.54, 1.807) is 6.08 Å². The summed E-state index contributed by atoms with van der Waals surface area (Å²) in [5, 5.41) is 0. The topological polar surface area (TPSA) is 23.6 Å². The first-order valence-electron chi connectivity index (χ1n) is 14.0. The Hall–Kier alpha value is -5.67. The van der Waals surface area contributed by atoms with Crippen molar-refractivity contribution in [2.75, 3.05) is 9.80 Å². The highest BCUT2D eigenvalue weighted by Crippen LogP contribution is 2.35. The predicted octanol–water partition coefficient (Wildman–Crippen LogP) is 10.5. The first-order chi connectivity index (χ1) is 20.8. The number of hydrogen-bond donors (Lipinski definition) is 0. The van der Waals surface area contributed by atoms with E-state index in [1.165, 1.54) is 0 Å². The molecule has 3 heteroatoms. The van der Waals surface area contributed by atoms with Gasteiger partial charge in [0, 0.05) is 39.7 Å². The molecule has 0 aromatic heterocycles. The summed E-state index contributed by atoms with van der Waals surface area (Å²) in [7, 11) is 0. The van der Waals surface area contributed by atoms with Crippen LogP contribution in [0.5, 0.6) is 0 Å². The first-order valence-corrected chi connectivity index (χ1v) is 14.0. The minimum atomic E-state index is -0.0354. The first kappa shape index (κ1) is 26.5. The molecule has 0 amide bonds. The molecule has 0 fully saturated rings. The molecule has 0 bridgehead atoms. The highest BCUT2D eigenvalue weighted by molar-refractivity contribution is 6.07. The average Bonchev–Trinajstić information content (AvgIpc) is 3.07. The van der Waals surface area contributed by atoms with Crippen molar-refractivity contribution < 1.29 is 4.79 Å². The molecule has 0 radical (unpaired) electrons. The van der Waals surface area contributed by atoms with E-state index in [2.05, 4.69) is 70.5 Å². The Morgan fingerprint density at radius 1 is 0.381 bits per heavy atom. The van der Waals surface area contributed by atoms with Gasteiger partial charge in [-0.15, -0.1) is 0 Å². The van der Waals surface area contributed by atoms with Crippen molar-refractivity contribution in [2.45, 2.75) is 0 Å². The summed E-state index contributed by atoms with van der Waals surface area (Å²) in [4.78, 5) is 17.5. The molecule has 6 aromatic carbocycles. The van der Waals surface area contributed by atoms with E-state index in [1.807, 2.05) is 115 Å². The Morgan fingerprint density at radius 2 is 0.690 bits per heavy atom. The molecule has 0 aliphatic heterocycles. The second-order valence-corrected chi connectivity index (χ2v) is 9.85. The van der Waals surface area contributed by atoms with Crippen LogP contribution in [0.1, 0.15) is 15.9 Å². The fourth-order valence-corrected chi connectivity index (χ4v) is 4.98. The number of benzene rings is 6. The van der Waals surface area contributed by atoms with Gasteiger partial charge in [-0.25, -0.2) is 0 Å². The minimum absolute atomic E-state index is 0.0354. The highest BCUT2D eigenvalue weighted by atomic mass is 16.1. The van der Waals surface area contributed by atoms with Gasteiger partial charge >= 0.3 is 0 Å². The van der Waals surface area contributed by atoms with E-state index in [4.69, 9.17) is 0 Å². The molecule has 0 N–H and O–H groups in total. The van der Waals surface area contributed by atoms with Gasteiger partial charge < -0.3 is 9.80 Å². The summed E-state index contributed by atoms with van der Waals surface area (Å²) in [6, 6.07) is 57.1. The largest absolute Gasteiger partial charge is 0.311 e. The van der Waals surface area contributed by atoms with Crippen LogP contribution >= 0.6 is 0 Å². The van der Waals surface area contributed by atoms with E-state index in [9.17, 15) is 4.79 Å². The summed E-state index contributed by atoms with van der Waals surface area (Å²) >= 11 is 0. The summed E-state index contributed by atoms with van der Waals surface area (Å²) in [5.41, 5.74) is 7.94. The second kappa shape index (κ2) is 12.7. The standard InChI is InChI=1S/C39H30N2O/c42-39(32-24-28-38(29-25-32)41(35-17-9-3-10-18-35)36-19-11-4-12-20-36)30-23-31-21-26-37(27-22-31)40(33-13-5-1-6-14-33)34-15-7-2-8-16-34/h1-30H/b30-23+. The SMILES string of the molecule is O=C(/C=C/c1ccc(N(c2ccccc2)c2ccccc2)cc1)c1ccc(N(c2ccccc2)c2ccccc2)cc1. The monoisotopic (exact) mass is 542 g/mol. The van der Waals surface area contributed by atoms with Gasteiger partial charge in [-0.05, 0) is 96.6 Å². The lowest BCUT2D eigenvalue weighted by atomic mass is 10.1. The number of rotatable bonds is 9. The van der Waals surface area contributed by atoms with Crippen molar-refractivity contribution in [1.29, 1.82) is 0 Å². The normalized spacial score (nSPS) is 10.9. The van der Waals surface area contributed by atoms with E-state index >= 15 is 0 Å². The van der Waals surface area contributed by atoms with Crippen LogP contribution in [0.25, 0.3) is 6.08 Å². The van der Waals surface area contributed by atoms with Gasteiger partial charge in [0.05, 0.1) is 0 Å². The maximum absolute atomic E-state index is 13.1. The molecule has 0 spiro atoms. The number of carbonyl (C=O) groups excluding carboxylic acids is 1. The second-order valence-electron chi connectivity index (χ2n) is 9.85.